The Bertz CT molecular complexity index is 799. The first-order valence-corrected chi connectivity index (χ1v) is 10.1. The molecule has 0 saturated heterocycles. The normalized spacial score (nSPS) is 12.2. The molecule has 1 unspecified atom stereocenters. The summed E-state index contributed by atoms with van der Waals surface area (Å²) in [5.41, 5.74) is 1.77. The predicted molar refractivity (Wildman–Crippen MR) is 113 cm³/mol. The van der Waals surface area contributed by atoms with Gasteiger partial charge in [-0.15, -0.1) is 0 Å². The van der Waals surface area contributed by atoms with Gasteiger partial charge in [0.15, 0.2) is 0 Å². The number of halogens is 3. The lowest BCUT2D eigenvalue weighted by atomic mass is 10.0. The zero-order valence-electron chi connectivity index (χ0n) is 15.1. The van der Waals surface area contributed by atoms with Crippen molar-refractivity contribution in [1.29, 1.82) is 0 Å². The van der Waals surface area contributed by atoms with E-state index in [9.17, 15) is 9.90 Å². The van der Waals surface area contributed by atoms with E-state index < -0.39 is 12.0 Å². The third-order valence-corrected chi connectivity index (χ3v) is 5.18. The van der Waals surface area contributed by atoms with Gasteiger partial charge in [-0.05, 0) is 48.2 Å². The van der Waals surface area contributed by atoms with Crippen LogP contribution in [0.4, 0.5) is 0 Å². The van der Waals surface area contributed by atoms with Gasteiger partial charge in [0.25, 0.3) is 0 Å². The van der Waals surface area contributed by atoms with Crippen molar-refractivity contribution in [2.45, 2.75) is 39.5 Å². The number of rotatable bonds is 9. The summed E-state index contributed by atoms with van der Waals surface area (Å²) < 4.78 is 6.84. The fourth-order valence-electron chi connectivity index (χ4n) is 2.59. The Kier molecular flexibility index (Phi) is 8.42. The second-order valence-electron chi connectivity index (χ2n) is 6.69. The van der Waals surface area contributed by atoms with Crippen LogP contribution in [0.25, 0.3) is 0 Å². The van der Waals surface area contributed by atoms with Gasteiger partial charge >= 0.3 is 5.97 Å². The molecular weight excluding hydrogens is 453 g/mol. The lowest BCUT2D eigenvalue weighted by molar-refractivity contribution is -0.140. The van der Waals surface area contributed by atoms with E-state index in [2.05, 4.69) is 21.2 Å². The molecule has 0 aliphatic carbocycles. The number of hydrogen-bond acceptors (Lipinski definition) is 3. The van der Waals surface area contributed by atoms with E-state index in [4.69, 9.17) is 27.9 Å². The fraction of sp³-hybridized carbons (Fsp3) is 0.350. The van der Waals surface area contributed by atoms with Crippen LogP contribution in [0.3, 0.4) is 0 Å². The lowest BCUT2D eigenvalue weighted by Crippen LogP contribution is -2.37. The van der Waals surface area contributed by atoms with E-state index in [1.54, 1.807) is 12.1 Å². The Morgan fingerprint density at radius 2 is 1.93 bits per heavy atom. The van der Waals surface area contributed by atoms with Gasteiger partial charge in [0, 0.05) is 16.6 Å². The van der Waals surface area contributed by atoms with Gasteiger partial charge in [0.2, 0.25) is 0 Å². The summed E-state index contributed by atoms with van der Waals surface area (Å²) in [4.78, 5) is 11.5. The highest BCUT2D eigenvalue weighted by molar-refractivity contribution is 9.10. The van der Waals surface area contributed by atoms with Gasteiger partial charge < -0.3 is 15.2 Å². The van der Waals surface area contributed by atoms with E-state index in [1.807, 2.05) is 38.1 Å². The summed E-state index contributed by atoms with van der Waals surface area (Å²) in [6.07, 6.45) is 0.558. The maximum atomic E-state index is 11.5. The molecule has 0 bridgehead atoms. The summed E-state index contributed by atoms with van der Waals surface area (Å²) in [5, 5.41) is 13.5. The van der Waals surface area contributed by atoms with Crippen LogP contribution in [0.15, 0.2) is 40.9 Å². The lowest BCUT2D eigenvalue weighted by Gasteiger charge is -2.18. The van der Waals surface area contributed by atoms with Crippen LogP contribution in [0.1, 0.15) is 31.4 Å². The van der Waals surface area contributed by atoms with Crippen molar-refractivity contribution < 1.29 is 14.6 Å². The highest BCUT2D eigenvalue weighted by Crippen LogP contribution is 2.26. The SMILES string of the molecule is CC(C)CC(NCc1cc(Br)ccc1OCc1ccc(Cl)c(Cl)c1)C(=O)O. The van der Waals surface area contributed by atoms with Crippen LogP contribution < -0.4 is 10.1 Å². The van der Waals surface area contributed by atoms with Gasteiger partial charge in [-0.2, -0.15) is 0 Å². The van der Waals surface area contributed by atoms with Gasteiger partial charge in [-0.3, -0.25) is 4.79 Å². The number of hydrogen-bond donors (Lipinski definition) is 2. The van der Waals surface area contributed by atoms with E-state index in [0.29, 0.717) is 35.4 Å². The first-order chi connectivity index (χ1) is 12.8. The van der Waals surface area contributed by atoms with Crippen molar-refractivity contribution in [1.82, 2.24) is 5.32 Å². The first kappa shape index (κ1) is 22.0. The fourth-order valence-corrected chi connectivity index (χ4v) is 3.32. The van der Waals surface area contributed by atoms with E-state index >= 15 is 0 Å². The van der Waals surface area contributed by atoms with Crippen LogP contribution >= 0.6 is 39.1 Å². The largest absolute Gasteiger partial charge is 0.489 e. The molecule has 27 heavy (non-hydrogen) atoms. The Morgan fingerprint density at radius 1 is 1.19 bits per heavy atom. The molecular formula is C20H22BrCl2NO3. The van der Waals surface area contributed by atoms with Crippen LogP contribution in [0.2, 0.25) is 10.0 Å². The minimum atomic E-state index is -0.850. The van der Waals surface area contributed by atoms with Crippen molar-refractivity contribution in [3.05, 3.63) is 62.0 Å². The van der Waals surface area contributed by atoms with Gasteiger partial charge in [-0.25, -0.2) is 0 Å². The minimum absolute atomic E-state index is 0.284. The Morgan fingerprint density at radius 3 is 2.56 bits per heavy atom. The van der Waals surface area contributed by atoms with Crippen LogP contribution in [0.5, 0.6) is 5.75 Å². The maximum Gasteiger partial charge on any atom is 0.320 e. The molecule has 0 aliphatic rings. The number of ether oxygens (including phenoxy) is 1. The smallest absolute Gasteiger partial charge is 0.320 e. The number of aliphatic carboxylic acids is 1. The zero-order chi connectivity index (χ0) is 20.0. The molecule has 2 N–H and O–H groups in total. The summed E-state index contributed by atoms with van der Waals surface area (Å²) >= 11 is 15.4. The van der Waals surface area contributed by atoms with Crippen LogP contribution in [-0.2, 0) is 17.9 Å². The first-order valence-electron chi connectivity index (χ1n) is 8.57. The average molecular weight is 475 g/mol. The Hall–Kier alpha value is -1.27. The average Bonchev–Trinajstić information content (AvgIpc) is 2.60. The molecule has 0 aromatic heterocycles. The molecule has 0 saturated carbocycles. The highest BCUT2D eigenvalue weighted by atomic mass is 79.9. The Labute approximate surface area is 178 Å². The standard InChI is InChI=1S/C20H22BrCl2NO3/c1-12(2)7-18(20(25)26)24-10-14-9-15(21)4-6-19(14)27-11-13-3-5-16(22)17(23)8-13/h3-6,8-9,12,18,24H,7,10-11H2,1-2H3,(H,25,26). The second kappa shape index (κ2) is 10.3. The molecule has 1 atom stereocenters. The predicted octanol–water partition coefficient (Wildman–Crippen LogP) is 5.92. The summed E-state index contributed by atoms with van der Waals surface area (Å²) in [6.45, 7) is 4.73. The zero-order valence-corrected chi connectivity index (χ0v) is 18.2. The number of nitrogens with one attached hydrogen (secondary N) is 1. The van der Waals surface area contributed by atoms with Gasteiger partial charge in [-0.1, -0.05) is 59.0 Å². The number of carboxylic acid groups (broad SMARTS) is 1. The monoisotopic (exact) mass is 473 g/mol. The van der Waals surface area contributed by atoms with Crippen LogP contribution in [0, 0.1) is 5.92 Å². The molecule has 0 heterocycles. The molecule has 0 radical (unpaired) electrons. The molecule has 2 aromatic carbocycles. The molecule has 0 spiro atoms. The van der Waals surface area contributed by atoms with Gasteiger partial charge in [0.1, 0.15) is 18.4 Å². The maximum absolute atomic E-state index is 11.5. The number of carboxylic acids is 1. The third kappa shape index (κ3) is 7.00. The number of carbonyl (C=O) groups is 1. The van der Waals surface area contributed by atoms with Gasteiger partial charge in [0.05, 0.1) is 10.0 Å². The van der Waals surface area contributed by atoms with Crippen molar-refractivity contribution in [2.75, 3.05) is 0 Å². The minimum Gasteiger partial charge on any atom is -0.489 e. The van der Waals surface area contributed by atoms with E-state index in [0.717, 1.165) is 15.6 Å². The highest BCUT2D eigenvalue weighted by Gasteiger charge is 2.19. The molecule has 0 fully saturated rings. The molecule has 4 nitrogen and oxygen atoms in total. The topological polar surface area (TPSA) is 58.6 Å². The third-order valence-electron chi connectivity index (χ3n) is 3.94. The van der Waals surface area contributed by atoms with Crippen LogP contribution in [-0.4, -0.2) is 17.1 Å². The molecule has 2 rings (SSSR count). The summed E-state index contributed by atoms with van der Waals surface area (Å²) in [6, 6.07) is 10.4. The molecule has 0 aliphatic heterocycles. The molecule has 146 valence electrons. The molecule has 7 heteroatoms. The Balaban J connectivity index is 2.09. The molecule has 0 amide bonds. The summed E-state index contributed by atoms with van der Waals surface area (Å²) in [5.74, 6) is 0.119. The quantitative estimate of drug-likeness (QED) is 0.473. The number of benzene rings is 2. The van der Waals surface area contributed by atoms with Crippen molar-refractivity contribution in [2.24, 2.45) is 5.92 Å². The van der Waals surface area contributed by atoms with Crippen molar-refractivity contribution in [3.63, 3.8) is 0 Å². The van der Waals surface area contributed by atoms with Crippen molar-refractivity contribution in [3.8, 4) is 5.75 Å². The van der Waals surface area contributed by atoms with Crippen molar-refractivity contribution >= 4 is 45.1 Å². The second-order valence-corrected chi connectivity index (χ2v) is 8.42. The molecule has 2 aromatic rings. The summed E-state index contributed by atoms with van der Waals surface area (Å²) in [7, 11) is 0. The van der Waals surface area contributed by atoms with E-state index in [-0.39, 0.29) is 5.92 Å². The van der Waals surface area contributed by atoms with E-state index in [1.165, 1.54) is 0 Å².